The van der Waals surface area contributed by atoms with Crippen LogP contribution in [0.4, 0.5) is 0 Å². The fraction of sp³-hybridized carbons (Fsp3) is 0.0556. The summed E-state index contributed by atoms with van der Waals surface area (Å²) in [4.78, 5) is 21.0. The van der Waals surface area contributed by atoms with Crippen molar-refractivity contribution in [2.45, 2.75) is 5.92 Å². The average Bonchev–Trinajstić information content (AvgIpc) is 2.58. The standard InChI is InChI=1S/C18H14N2O/c21-18(16-13-19-11-12-20-16)17(14-7-3-1-4-8-14)15-9-5-2-6-10-15/h1-13,17H. The monoisotopic (exact) mass is 274 g/mol. The number of hydrogen-bond acceptors (Lipinski definition) is 3. The van der Waals surface area contributed by atoms with Gasteiger partial charge >= 0.3 is 0 Å². The molecule has 0 amide bonds. The predicted octanol–water partition coefficient (Wildman–Crippen LogP) is 3.49. The van der Waals surface area contributed by atoms with Crippen molar-refractivity contribution >= 4 is 5.78 Å². The molecule has 0 N–H and O–H groups in total. The highest BCUT2D eigenvalue weighted by Crippen LogP contribution is 2.27. The lowest BCUT2D eigenvalue weighted by Gasteiger charge is -2.16. The van der Waals surface area contributed by atoms with Crippen LogP contribution in [0, 0.1) is 0 Å². The van der Waals surface area contributed by atoms with Gasteiger partial charge < -0.3 is 0 Å². The third-order valence-electron chi connectivity index (χ3n) is 3.34. The maximum atomic E-state index is 12.8. The third-order valence-corrected chi connectivity index (χ3v) is 3.34. The van der Waals surface area contributed by atoms with E-state index in [1.165, 1.54) is 6.20 Å². The number of ketones is 1. The lowest BCUT2D eigenvalue weighted by atomic mass is 9.86. The number of carbonyl (C=O) groups excluding carboxylic acids is 1. The fourth-order valence-electron chi connectivity index (χ4n) is 2.36. The molecule has 0 spiro atoms. The van der Waals surface area contributed by atoms with E-state index in [2.05, 4.69) is 9.97 Å². The summed E-state index contributed by atoms with van der Waals surface area (Å²) in [6, 6.07) is 19.5. The first-order valence-corrected chi connectivity index (χ1v) is 6.76. The maximum Gasteiger partial charge on any atom is 0.194 e. The van der Waals surface area contributed by atoms with Crippen LogP contribution in [-0.4, -0.2) is 15.8 Å². The molecule has 0 aliphatic rings. The molecule has 3 nitrogen and oxygen atoms in total. The molecule has 0 saturated carbocycles. The van der Waals surface area contributed by atoms with Gasteiger partial charge in [0, 0.05) is 12.4 Å². The normalized spacial score (nSPS) is 10.5. The Morgan fingerprint density at radius 3 is 1.86 bits per heavy atom. The number of nitrogens with zero attached hydrogens (tertiary/aromatic N) is 2. The highest BCUT2D eigenvalue weighted by Gasteiger charge is 2.24. The number of benzene rings is 2. The number of Topliss-reactive ketones (excluding diaryl/α,β-unsaturated/α-hetero) is 1. The summed E-state index contributed by atoms with van der Waals surface area (Å²) in [6.45, 7) is 0. The molecule has 0 bridgehead atoms. The van der Waals surface area contributed by atoms with Gasteiger partial charge in [-0.05, 0) is 11.1 Å². The van der Waals surface area contributed by atoms with E-state index in [9.17, 15) is 4.79 Å². The van der Waals surface area contributed by atoms with Gasteiger partial charge in [0.2, 0.25) is 0 Å². The molecule has 102 valence electrons. The van der Waals surface area contributed by atoms with Crippen LogP contribution in [0.5, 0.6) is 0 Å². The Kier molecular flexibility index (Phi) is 3.83. The second-order valence-electron chi connectivity index (χ2n) is 4.71. The Balaban J connectivity index is 2.07. The molecule has 3 aromatic rings. The van der Waals surface area contributed by atoms with E-state index in [1.54, 1.807) is 12.4 Å². The van der Waals surface area contributed by atoms with Crippen molar-refractivity contribution in [2.75, 3.05) is 0 Å². The number of hydrogen-bond donors (Lipinski definition) is 0. The number of rotatable bonds is 4. The molecule has 3 rings (SSSR count). The summed E-state index contributed by atoms with van der Waals surface area (Å²) in [5, 5.41) is 0. The van der Waals surface area contributed by atoms with E-state index in [4.69, 9.17) is 0 Å². The van der Waals surface area contributed by atoms with Crippen molar-refractivity contribution in [1.82, 2.24) is 9.97 Å². The van der Waals surface area contributed by atoms with Gasteiger partial charge in [-0.2, -0.15) is 0 Å². The van der Waals surface area contributed by atoms with Crippen LogP contribution >= 0.6 is 0 Å². The lowest BCUT2D eigenvalue weighted by Crippen LogP contribution is -2.16. The molecule has 0 radical (unpaired) electrons. The molecular weight excluding hydrogens is 260 g/mol. The van der Waals surface area contributed by atoms with E-state index < -0.39 is 0 Å². The smallest absolute Gasteiger partial charge is 0.194 e. The Bertz CT molecular complexity index is 672. The van der Waals surface area contributed by atoms with Crippen LogP contribution in [-0.2, 0) is 0 Å². The van der Waals surface area contributed by atoms with Crippen molar-refractivity contribution in [3.8, 4) is 0 Å². The topological polar surface area (TPSA) is 42.9 Å². The largest absolute Gasteiger partial charge is 0.291 e. The van der Waals surface area contributed by atoms with Crippen LogP contribution in [0.1, 0.15) is 27.5 Å². The molecule has 3 heteroatoms. The predicted molar refractivity (Wildman–Crippen MR) is 81.1 cm³/mol. The van der Waals surface area contributed by atoms with Crippen LogP contribution in [0.3, 0.4) is 0 Å². The minimum absolute atomic E-state index is 0.0412. The third kappa shape index (κ3) is 2.87. The van der Waals surface area contributed by atoms with Crippen molar-refractivity contribution in [3.63, 3.8) is 0 Å². The molecule has 0 unspecified atom stereocenters. The SMILES string of the molecule is O=C(c1cnccn1)C(c1ccccc1)c1ccccc1. The Morgan fingerprint density at radius 1 is 0.810 bits per heavy atom. The van der Waals surface area contributed by atoms with Crippen molar-refractivity contribution < 1.29 is 4.79 Å². The van der Waals surface area contributed by atoms with Gasteiger partial charge in [0.15, 0.2) is 5.78 Å². The Hall–Kier alpha value is -2.81. The van der Waals surface area contributed by atoms with E-state index in [0.29, 0.717) is 5.69 Å². The molecule has 0 aliphatic carbocycles. The summed E-state index contributed by atoms with van der Waals surface area (Å²) in [5.74, 6) is -0.399. The zero-order valence-electron chi connectivity index (χ0n) is 11.4. The van der Waals surface area contributed by atoms with Gasteiger partial charge in [-0.25, -0.2) is 4.98 Å². The van der Waals surface area contributed by atoms with Gasteiger partial charge in [-0.15, -0.1) is 0 Å². The molecule has 0 atom stereocenters. The van der Waals surface area contributed by atoms with E-state index in [-0.39, 0.29) is 11.7 Å². The van der Waals surface area contributed by atoms with Gasteiger partial charge in [0.25, 0.3) is 0 Å². The summed E-state index contributed by atoms with van der Waals surface area (Å²) in [5.41, 5.74) is 2.30. The van der Waals surface area contributed by atoms with Crippen LogP contribution in [0.15, 0.2) is 79.3 Å². The second-order valence-corrected chi connectivity index (χ2v) is 4.71. The number of aromatic nitrogens is 2. The highest BCUT2D eigenvalue weighted by molar-refractivity contribution is 6.01. The molecule has 0 saturated heterocycles. The first kappa shape index (κ1) is 13.2. The first-order valence-electron chi connectivity index (χ1n) is 6.76. The minimum atomic E-state index is -0.357. The van der Waals surface area contributed by atoms with E-state index >= 15 is 0 Å². The summed E-state index contributed by atoms with van der Waals surface area (Å²) >= 11 is 0. The van der Waals surface area contributed by atoms with Crippen LogP contribution in [0.2, 0.25) is 0 Å². The molecule has 0 fully saturated rings. The van der Waals surface area contributed by atoms with Crippen molar-refractivity contribution in [1.29, 1.82) is 0 Å². The molecule has 1 heterocycles. The van der Waals surface area contributed by atoms with Gasteiger partial charge in [-0.3, -0.25) is 9.78 Å². The zero-order chi connectivity index (χ0) is 14.5. The quantitative estimate of drug-likeness (QED) is 0.684. The zero-order valence-corrected chi connectivity index (χ0v) is 11.4. The first-order chi connectivity index (χ1) is 10.4. The number of carbonyl (C=O) groups is 1. The van der Waals surface area contributed by atoms with Gasteiger partial charge in [0.05, 0.1) is 12.1 Å². The van der Waals surface area contributed by atoms with Crippen LogP contribution in [0.25, 0.3) is 0 Å². The Labute approximate surface area is 123 Å². The van der Waals surface area contributed by atoms with E-state index in [1.807, 2.05) is 60.7 Å². The van der Waals surface area contributed by atoms with Crippen molar-refractivity contribution in [2.24, 2.45) is 0 Å². The fourth-order valence-corrected chi connectivity index (χ4v) is 2.36. The molecule has 0 aliphatic heterocycles. The highest BCUT2D eigenvalue weighted by atomic mass is 16.1. The Morgan fingerprint density at radius 2 is 1.38 bits per heavy atom. The molecule has 1 aromatic heterocycles. The molecule has 21 heavy (non-hydrogen) atoms. The summed E-state index contributed by atoms with van der Waals surface area (Å²) in [6.07, 6.45) is 4.62. The van der Waals surface area contributed by atoms with Gasteiger partial charge in [0.1, 0.15) is 5.69 Å². The average molecular weight is 274 g/mol. The minimum Gasteiger partial charge on any atom is -0.291 e. The van der Waals surface area contributed by atoms with Gasteiger partial charge in [-0.1, -0.05) is 60.7 Å². The summed E-state index contributed by atoms with van der Waals surface area (Å²) < 4.78 is 0. The lowest BCUT2D eigenvalue weighted by molar-refractivity contribution is 0.0968. The van der Waals surface area contributed by atoms with Crippen molar-refractivity contribution in [3.05, 3.63) is 96.1 Å². The van der Waals surface area contributed by atoms with E-state index in [0.717, 1.165) is 11.1 Å². The maximum absolute atomic E-state index is 12.8. The van der Waals surface area contributed by atoms with Crippen LogP contribution < -0.4 is 0 Å². The second kappa shape index (κ2) is 6.09. The summed E-state index contributed by atoms with van der Waals surface area (Å²) in [7, 11) is 0. The molecule has 2 aromatic carbocycles. The molecular formula is C18H14N2O.